The molecule has 1 atom stereocenters. The molecule has 1 unspecified atom stereocenters. The third-order valence-electron chi connectivity index (χ3n) is 3.68. The third kappa shape index (κ3) is 3.19. The van der Waals surface area contributed by atoms with Crippen LogP contribution in [0.4, 0.5) is 0 Å². The van der Waals surface area contributed by atoms with Crippen molar-refractivity contribution in [3.63, 3.8) is 0 Å². The largest absolute Gasteiger partial charge is 0.493 e. The number of ether oxygens (including phenoxy) is 2. The molecule has 0 saturated carbocycles. The lowest BCUT2D eigenvalue weighted by Gasteiger charge is -2.34. The zero-order valence-electron chi connectivity index (χ0n) is 12.8. The van der Waals surface area contributed by atoms with Crippen LogP contribution in [0.5, 0.6) is 11.5 Å². The Kier molecular flexibility index (Phi) is 5.20. The zero-order chi connectivity index (χ0) is 14.6. The number of benzene rings is 1. The van der Waals surface area contributed by atoms with Crippen LogP contribution < -0.4 is 20.5 Å². The normalized spacial score (nSPS) is 13.2. The van der Waals surface area contributed by atoms with Crippen LogP contribution in [0.1, 0.15) is 31.0 Å². The topological polar surface area (TPSA) is 56.5 Å². The maximum absolute atomic E-state index is 5.90. The van der Waals surface area contributed by atoms with Crippen molar-refractivity contribution in [1.29, 1.82) is 0 Å². The van der Waals surface area contributed by atoms with E-state index in [-0.39, 0.29) is 11.5 Å². The highest BCUT2D eigenvalue weighted by molar-refractivity contribution is 5.48. The van der Waals surface area contributed by atoms with Gasteiger partial charge in [0, 0.05) is 6.04 Å². The SMILES string of the molecule is CNC(c1cc(OC)c(OC)cc1C)C(C)(C)CN. The summed E-state index contributed by atoms with van der Waals surface area (Å²) in [6.07, 6.45) is 0. The first kappa shape index (κ1) is 15.8. The maximum Gasteiger partial charge on any atom is 0.161 e. The van der Waals surface area contributed by atoms with Crippen molar-refractivity contribution in [2.24, 2.45) is 11.1 Å². The lowest BCUT2D eigenvalue weighted by atomic mass is 9.79. The van der Waals surface area contributed by atoms with Crippen LogP contribution in [0.3, 0.4) is 0 Å². The highest BCUT2D eigenvalue weighted by Gasteiger charge is 2.30. The van der Waals surface area contributed by atoms with E-state index < -0.39 is 0 Å². The predicted molar refractivity (Wildman–Crippen MR) is 78.9 cm³/mol. The molecule has 0 aliphatic carbocycles. The number of hydrogen-bond donors (Lipinski definition) is 2. The molecule has 0 aliphatic rings. The van der Waals surface area contributed by atoms with Crippen molar-refractivity contribution in [1.82, 2.24) is 5.32 Å². The van der Waals surface area contributed by atoms with Gasteiger partial charge in [0.05, 0.1) is 14.2 Å². The molecule has 19 heavy (non-hydrogen) atoms. The first-order valence-electron chi connectivity index (χ1n) is 6.51. The molecule has 0 saturated heterocycles. The van der Waals surface area contributed by atoms with Gasteiger partial charge in [-0.2, -0.15) is 0 Å². The molecule has 0 fully saturated rings. The second-order valence-corrected chi connectivity index (χ2v) is 5.48. The minimum Gasteiger partial charge on any atom is -0.493 e. The first-order chi connectivity index (χ1) is 8.91. The number of rotatable bonds is 6. The van der Waals surface area contributed by atoms with Crippen molar-refractivity contribution in [2.75, 3.05) is 27.8 Å². The molecule has 3 N–H and O–H groups in total. The molecule has 0 spiro atoms. The van der Waals surface area contributed by atoms with E-state index in [4.69, 9.17) is 15.2 Å². The van der Waals surface area contributed by atoms with Gasteiger partial charge >= 0.3 is 0 Å². The van der Waals surface area contributed by atoms with Gasteiger partial charge in [0.1, 0.15) is 0 Å². The summed E-state index contributed by atoms with van der Waals surface area (Å²) in [5, 5.41) is 3.36. The van der Waals surface area contributed by atoms with E-state index in [1.54, 1.807) is 14.2 Å². The minimum absolute atomic E-state index is 0.0425. The van der Waals surface area contributed by atoms with Crippen LogP contribution in [-0.2, 0) is 0 Å². The smallest absolute Gasteiger partial charge is 0.161 e. The lowest BCUT2D eigenvalue weighted by molar-refractivity contribution is 0.263. The molecule has 1 aromatic rings. The highest BCUT2D eigenvalue weighted by Crippen LogP contribution is 2.38. The van der Waals surface area contributed by atoms with E-state index in [0.29, 0.717) is 6.54 Å². The Balaban J connectivity index is 3.32. The van der Waals surface area contributed by atoms with Gasteiger partial charge in [-0.15, -0.1) is 0 Å². The van der Waals surface area contributed by atoms with Crippen molar-refractivity contribution in [2.45, 2.75) is 26.8 Å². The van der Waals surface area contributed by atoms with E-state index in [1.807, 2.05) is 19.2 Å². The van der Waals surface area contributed by atoms with Crippen molar-refractivity contribution in [3.8, 4) is 11.5 Å². The van der Waals surface area contributed by atoms with Crippen LogP contribution >= 0.6 is 0 Å². The summed E-state index contributed by atoms with van der Waals surface area (Å²) in [4.78, 5) is 0. The number of aryl methyl sites for hydroxylation is 1. The van der Waals surface area contributed by atoms with E-state index in [1.165, 1.54) is 11.1 Å². The average molecular weight is 266 g/mol. The van der Waals surface area contributed by atoms with Gasteiger partial charge in [-0.05, 0) is 49.2 Å². The summed E-state index contributed by atoms with van der Waals surface area (Å²) in [5.74, 6) is 1.50. The molecule has 0 radical (unpaired) electrons. The monoisotopic (exact) mass is 266 g/mol. The Hall–Kier alpha value is -1.26. The summed E-state index contributed by atoms with van der Waals surface area (Å²) in [5.41, 5.74) is 8.21. The second-order valence-electron chi connectivity index (χ2n) is 5.48. The molecule has 1 aromatic carbocycles. The molecule has 0 amide bonds. The number of hydrogen-bond acceptors (Lipinski definition) is 4. The highest BCUT2D eigenvalue weighted by atomic mass is 16.5. The van der Waals surface area contributed by atoms with Gasteiger partial charge in [-0.3, -0.25) is 0 Å². The Morgan fingerprint density at radius 1 is 1.21 bits per heavy atom. The van der Waals surface area contributed by atoms with Crippen molar-refractivity contribution >= 4 is 0 Å². The number of nitrogens with two attached hydrogens (primary N) is 1. The Bertz CT molecular complexity index is 430. The summed E-state index contributed by atoms with van der Waals surface area (Å²) < 4.78 is 10.7. The fraction of sp³-hybridized carbons (Fsp3) is 0.600. The average Bonchev–Trinajstić information content (AvgIpc) is 2.40. The maximum atomic E-state index is 5.90. The van der Waals surface area contributed by atoms with Gasteiger partial charge in [0.15, 0.2) is 11.5 Å². The lowest BCUT2D eigenvalue weighted by Crippen LogP contribution is -2.38. The molecule has 4 heteroatoms. The van der Waals surface area contributed by atoms with E-state index in [2.05, 4.69) is 26.1 Å². The quantitative estimate of drug-likeness (QED) is 0.829. The molecule has 1 rings (SSSR count). The van der Waals surface area contributed by atoms with Crippen LogP contribution in [0.25, 0.3) is 0 Å². The summed E-state index contributed by atoms with van der Waals surface area (Å²) >= 11 is 0. The third-order valence-corrected chi connectivity index (χ3v) is 3.68. The Morgan fingerprint density at radius 3 is 2.16 bits per heavy atom. The predicted octanol–water partition coefficient (Wildman–Crippen LogP) is 2.26. The molecular formula is C15H26N2O2. The Labute approximate surface area is 116 Å². The fourth-order valence-electron chi connectivity index (χ4n) is 2.39. The molecular weight excluding hydrogens is 240 g/mol. The van der Waals surface area contributed by atoms with Gasteiger partial charge in [-0.1, -0.05) is 13.8 Å². The zero-order valence-corrected chi connectivity index (χ0v) is 12.8. The van der Waals surface area contributed by atoms with E-state index in [0.717, 1.165) is 11.5 Å². The van der Waals surface area contributed by atoms with Gasteiger partial charge < -0.3 is 20.5 Å². The van der Waals surface area contributed by atoms with Crippen LogP contribution in [0.2, 0.25) is 0 Å². The van der Waals surface area contributed by atoms with Gasteiger partial charge in [0.25, 0.3) is 0 Å². The van der Waals surface area contributed by atoms with Crippen LogP contribution in [-0.4, -0.2) is 27.8 Å². The number of nitrogens with one attached hydrogen (secondary N) is 1. The van der Waals surface area contributed by atoms with Crippen LogP contribution in [0, 0.1) is 12.3 Å². The molecule has 108 valence electrons. The van der Waals surface area contributed by atoms with Gasteiger partial charge in [0.2, 0.25) is 0 Å². The molecule has 4 nitrogen and oxygen atoms in total. The minimum atomic E-state index is -0.0425. The second kappa shape index (κ2) is 6.26. The Morgan fingerprint density at radius 2 is 1.74 bits per heavy atom. The van der Waals surface area contributed by atoms with Crippen LogP contribution in [0.15, 0.2) is 12.1 Å². The fourth-order valence-corrected chi connectivity index (χ4v) is 2.39. The van der Waals surface area contributed by atoms with E-state index in [9.17, 15) is 0 Å². The first-order valence-corrected chi connectivity index (χ1v) is 6.51. The van der Waals surface area contributed by atoms with Crippen molar-refractivity contribution in [3.05, 3.63) is 23.3 Å². The molecule has 0 aliphatic heterocycles. The molecule has 0 aromatic heterocycles. The standard InChI is InChI=1S/C15H26N2O2/c1-10-7-12(18-5)13(19-6)8-11(10)14(17-4)15(2,3)9-16/h7-8,14,17H,9,16H2,1-6H3. The molecule has 0 bridgehead atoms. The van der Waals surface area contributed by atoms with E-state index >= 15 is 0 Å². The molecule has 0 heterocycles. The summed E-state index contributed by atoms with van der Waals surface area (Å²) in [6, 6.07) is 4.20. The van der Waals surface area contributed by atoms with Gasteiger partial charge in [-0.25, -0.2) is 0 Å². The summed E-state index contributed by atoms with van der Waals surface area (Å²) in [6.45, 7) is 7.00. The number of methoxy groups -OCH3 is 2. The van der Waals surface area contributed by atoms with Crippen molar-refractivity contribution < 1.29 is 9.47 Å². The summed E-state index contributed by atoms with van der Waals surface area (Å²) in [7, 11) is 5.26.